The third-order valence-electron chi connectivity index (χ3n) is 5.27. The SMILES string of the molecule is Cc1cccc(CN2CCN(C(=O)c3cccc(Cn4cc(Br)cn4)c3)CC2)c1. The molecule has 1 aromatic heterocycles. The highest BCUT2D eigenvalue weighted by molar-refractivity contribution is 9.10. The van der Waals surface area contributed by atoms with E-state index in [1.807, 2.05) is 40.0 Å². The summed E-state index contributed by atoms with van der Waals surface area (Å²) in [5.41, 5.74) is 4.45. The number of aryl methyl sites for hydroxylation is 1. The van der Waals surface area contributed by atoms with Crippen molar-refractivity contribution in [3.8, 4) is 0 Å². The number of benzene rings is 2. The van der Waals surface area contributed by atoms with Crippen LogP contribution in [0.3, 0.4) is 0 Å². The number of aromatic nitrogens is 2. The maximum Gasteiger partial charge on any atom is 0.253 e. The highest BCUT2D eigenvalue weighted by Gasteiger charge is 2.22. The van der Waals surface area contributed by atoms with Crippen molar-refractivity contribution in [1.29, 1.82) is 0 Å². The molecule has 5 nitrogen and oxygen atoms in total. The Bertz CT molecular complexity index is 992. The molecule has 3 aromatic rings. The van der Waals surface area contributed by atoms with Crippen molar-refractivity contribution in [1.82, 2.24) is 19.6 Å². The lowest BCUT2D eigenvalue weighted by Crippen LogP contribution is -2.48. The molecule has 1 saturated heterocycles. The van der Waals surface area contributed by atoms with Gasteiger partial charge in [0, 0.05) is 44.5 Å². The minimum Gasteiger partial charge on any atom is -0.336 e. The Morgan fingerprint density at radius 3 is 2.41 bits per heavy atom. The molecular formula is C23H25BrN4O. The normalized spacial score (nSPS) is 14.9. The van der Waals surface area contributed by atoms with Crippen LogP contribution in [0.1, 0.15) is 27.0 Å². The van der Waals surface area contributed by atoms with Crippen LogP contribution >= 0.6 is 15.9 Å². The molecule has 1 fully saturated rings. The number of hydrogen-bond donors (Lipinski definition) is 0. The van der Waals surface area contributed by atoms with Crippen molar-refractivity contribution in [2.45, 2.75) is 20.0 Å². The Balaban J connectivity index is 1.35. The smallest absolute Gasteiger partial charge is 0.253 e. The molecule has 0 spiro atoms. The molecule has 2 aromatic carbocycles. The molecule has 150 valence electrons. The minimum atomic E-state index is 0.115. The number of carbonyl (C=O) groups excluding carboxylic acids is 1. The highest BCUT2D eigenvalue weighted by Crippen LogP contribution is 2.15. The fourth-order valence-electron chi connectivity index (χ4n) is 3.77. The maximum atomic E-state index is 13.0. The van der Waals surface area contributed by atoms with Gasteiger partial charge >= 0.3 is 0 Å². The van der Waals surface area contributed by atoms with E-state index in [0.717, 1.165) is 48.3 Å². The predicted molar refractivity (Wildman–Crippen MR) is 118 cm³/mol. The molecule has 1 aliphatic rings. The summed E-state index contributed by atoms with van der Waals surface area (Å²) in [5, 5.41) is 4.29. The molecule has 0 aliphatic carbocycles. The topological polar surface area (TPSA) is 41.4 Å². The average Bonchev–Trinajstić information content (AvgIpc) is 3.13. The zero-order valence-corrected chi connectivity index (χ0v) is 18.2. The molecular weight excluding hydrogens is 428 g/mol. The van der Waals surface area contributed by atoms with Crippen LogP contribution in [0, 0.1) is 6.92 Å². The van der Waals surface area contributed by atoms with Gasteiger partial charge in [0.2, 0.25) is 0 Å². The number of nitrogens with zero attached hydrogens (tertiary/aromatic N) is 4. The monoisotopic (exact) mass is 452 g/mol. The van der Waals surface area contributed by atoms with Gasteiger partial charge in [-0.15, -0.1) is 0 Å². The highest BCUT2D eigenvalue weighted by atomic mass is 79.9. The van der Waals surface area contributed by atoms with E-state index in [-0.39, 0.29) is 5.91 Å². The van der Waals surface area contributed by atoms with Gasteiger partial charge in [-0.25, -0.2) is 0 Å². The zero-order chi connectivity index (χ0) is 20.2. The van der Waals surface area contributed by atoms with Crippen molar-refractivity contribution in [3.05, 3.63) is 87.7 Å². The molecule has 0 N–H and O–H groups in total. The van der Waals surface area contributed by atoms with Gasteiger partial charge in [-0.05, 0) is 46.1 Å². The first-order valence-electron chi connectivity index (χ1n) is 9.91. The molecule has 0 unspecified atom stereocenters. The molecule has 0 radical (unpaired) electrons. The van der Waals surface area contributed by atoms with Gasteiger partial charge in [0.25, 0.3) is 5.91 Å². The minimum absolute atomic E-state index is 0.115. The number of rotatable bonds is 5. The van der Waals surface area contributed by atoms with Crippen LogP contribution in [0.25, 0.3) is 0 Å². The van der Waals surface area contributed by atoms with Crippen LogP contribution in [0.4, 0.5) is 0 Å². The number of piperazine rings is 1. The van der Waals surface area contributed by atoms with Crippen molar-refractivity contribution < 1.29 is 4.79 Å². The van der Waals surface area contributed by atoms with Crippen LogP contribution in [0.2, 0.25) is 0 Å². The first-order valence-corrected chi connectivity index (χ1v) is 10.7. The first kappa shape index (κ1) is 19.9. The molecule has 6 heteroatoms. The second-order valence-corrected chi connectivity index (χ2v) is 8.53. The van der Waals surface area contributed by atoms with E-state index < -0.39 is 0 Å². The summed E-state index contributed by atoms with van der Waals surface area (Å²) in [7, 11) is 0. The predicted octanol–water partition coefficient (Wildman–Crippen LogP) is 3.96. The van der Waals surface area contributed by atoms with Gasteiger partial charge in [0.1, 0.15) is 0 Å². The van der Waals surface area contributed by atoms with Crippen LogP contribution in [-0.2, 0) is 13.1 Å². The van der Waals surface area contributed by atoms with E-state index in [2.05, 4.69) is 57.1 Å². The van der Waals surface area contributed by atoms with Crippen LogP contribution in [0.5, 0.6) is 0 Å². The zero-order valence-electron chi connectivity index (χ0n) is 16.6. The number of hydrogen-bond acceptors (Lipinski definition) is 3. The molecule has 1 aliphatic heterocycles. The molecule has 4 rings (SSSR count). The first-order chi connectivity index (χ1) is 14.1. The Morgan fingerprint density at radius 1 is 1.00 bits per heavy atom. The van der Waals surface area contributed by atoms with E-state index >= 15 is 0 Å². The van der Waals surface area contributed by atoms with Crippen LogP contribution in [-0.4, -0.2) is 51.7 Å². The van der Waals surface area contributed by atoms with E-state index in [0.29, 0.717) is 6.54 Å². The standard InChI is InChI=1S/C23H25BrN4O/c1-18-4-2-5-19(12-18)15-26-8-10-27(11-9-26)23(29)21-7-3-6-20(13-21)16-28-17-22(24)14-25-28/h2-7,12-14,17H,8-11,15-16H2,1H3. The van der Waals surface area contributed by atoms with Gasteiger partial charge in [0.15, 0.2) is 0 Å². The Hall–Kier alpha value is -2.44. The number of halogens is 1. The summed E-state index contributed by atoms with van der Waals surface area (Å²) in [6.07, 6.45) is 3.70. The fourth-order valence-corrected chi connectivity index (χ4v) is 4.10. The van der Waals surface area contributed by atoms with Gasteiger partial charge in [-0.2, -0.15) is 5.10 Å². The Labute approximate surface area is 180 Å². The fraction of sp³-hybridized carbons (Fsp3) is 0.304. The molecule has 2 heterocycles. The van der Waals surface area contributed by atoms with Crippen molar-refractivity contribution in [2.24, 2.45) is 0 Å². The molecule has 1 amide bonds. The van der Waals surface area contributed by atoms with Crippen molar-refractivity contribution in [3.63, 3.8) is 0 Å². The maximum absolute atomic E-state index is 13.0. The third kappa shape index (κ3) is 5.14. The lowest BCUT2D eigenvalue weighted by atomic mass is 10.1. The quantitative estimate of drug-likeness (QED) is 0.588. The summed E-state index contributed by atoms with van der Waals surface area (Å²) in [6, 6.07) is 16.5. The summed E-state index contributed by atoms with van der Waals surface area (Å²) >= 11 is 3.42. The molecule has 0 atom stereocenters. The van der Waals surface area contributed by atoms with E-state index in [1.165, 1.54) is 11.1 Å². The van der Waals surface area contributed by atoms with Crippen LogP contribution in [0.15, 0.2) is 65.4 Å². The van der Waals surface area contributed by atoms with Gasteiger partial charge in [-0.1, -0.05) is 42.0 Å². The molecule has 0 saturated carbocycles. The van der Waals surface area contributed by atoms with Crippen molar-refractivity contribution >= 4 is 21.8 Å². The van der Waals surface area contributed by atoms with E-state index in [9.17, 15) is 4.79 Å². The van der Waals surface area contributed by atoms with E-state index in [1.54, 1.807) is 6.20 Å². The van der Waals surface area contributed by atoms with Crippen LogP contribution < -0.4 is 0 Å². The second-order valence-electron chi connectivity index (χ2n) is 7.61. The number of carbonyl (C=O) groups is 1. The molecule has 29 heavy (non-hydrogen) atoms. The summed E-state index contributed by atoms with van der Waals surface area (Å²) in [4.78, 5) is 17.4. The van der Waals surface area contributed by atoms with Gasteiger partial charge in [0.05, 0.1) is 17.2 Å². The molecule has 0 bridgehead atoms. The largest absolute Gasteiger partial charge is 0.336 e. The van der Waals surface area contributed by atoms with E-state index in [4.69, 9.17) is 0 Å². The summed E-state index contributed by atoms with van der Waals surface area (Å²) in [5.74, 6) is 0.115. The number of amides is 1. The van der Waals surface area contributed by atoms with Gasteiger partial charge in [-0.3, -0.25) is 14.4 Å². The Kier molecular flexibility index (Phi) is 6.11. The summed E-state index contributed by atoms with van der Waals surface area (Å²) in [6.45, 7) is 7.05. The Morgan fingerprint density at radius 2 is 1.72 bits per heavy atom. The van der Waals surface area contributed by atoms with Gasteiger partial charge < -0.3 is 4.90 Å². The lowest BCUT2D eigenvalue weighted by molar-refractivity contribution is 0.0628. The third-order valence-corrected chi connectivity index (χ3v) is 5.68. The van der Waals surface area contributed by atoms with Crippen molar-refractivity contribution in [2.75, 3.05) is 26.2 Å². The average molecular weight is 453 g/mol. The lowest BCUT2D eigenvalue weighted by Gasteiger charge is -2.35. The second kappa shape index (κ2) is 8.93. The summed E-state index contributed by atoms with van der Waals surface area (Å²) < 4.78 is 2.81.